The molecule has 0 spiro atoms. The van der Waals surface area contributed by atoms with Crippen LogP contribution in [-0.4, -0.2) is 9.38 Å². The summed E-state index contributed by atoms with van der Waals surface area (Å²) < 4.78 is 41.0. The van der Waals surface area contributed by atoms with Crippen LogP contribution in [0.25, 0.3) is 16.9 Å². The summed E-state index contributed by atoms with van der Waals surface area (Å²) in [6.07, 6.45) is -3.30. The average Bonchev–Trinajstić information content (AvgIpc) is 2.78. The molecule has 102 valence electrons. The van der Waals surface area contributed by atoms with Crippen LogP contribution >= 0.6 is 11.6 Å². The fourth-order valence-electron chi connectivity index (χ4n) is 2.09. The zero-order chi connectivity index (χ0) is 14.3. The Hall–Kier alpha value is -2.01. The standard InChI is InChI=1S/C14H8ClF3N2/c15-10-6-7-11-19-12(9-4-2-1-3-5-9)13(14(16,17)18)20(11)8-10/h1-8H. The first kappa shape index (κ1) is 13.0. The lowest BCUT2D eigenvalue weighted by atomic mass is 10.1. The van der Waals surface area contributed by atoms with Gasteiger partial charge in [0.25, 0.3) is 0 Å². The predicted molar refractivity (Wildman–Crippen MR) is 70.6 cm³/mol. The maximum Gasteiger partial charge on any atom is 0.433 e. The maximum atomic E-state index is 13.3. The van der Waals surface area contributed by atoms with E-state index in [4.69, 9.17) is 11.6 Å². The van der Waals surface area contributed by atoms with Gasteiger partial charge < -0.3 is 0 Å². The molecule has 0 unspecified atom stereocenters. The average molecular weight is 297 g/mol. The minimum Gasteiger partial charge on any atom is -0.294 e. The maximum absolute atomic E-state index is 13.3. The lowest BCUT2D eigenvalue weighted by Crippen LogP contribution is -2.10. The third-order valence-corrected chi connectivity index (χ3v) is 3.12. The van der Waals surface area contributed by atoms with Crippen molar-refractivity contribution >= 4 is 17.2 Å². The molecule has 0 radical (unpaired) electrons. The highest BCUT2D eigenvalue weighted by atomic mass is 35.5. The largest absolute Gasteiger partial charge is 0.433 e. The number of imidazole rings is 1. The van der Waals surface area contributed by atoms with Crippen LogP contribution < -0.4 is 0 Å². The van der Waals surface area contributed by atoms with E-state index in [-0.39, 0.29) is 16.4 Å². The minimum absolute atomic E-state index is 0.0969. The Morgan fingerprint density at radius 3 is 2.35 bits per heavy atom. The highest BCUT2D eigenvalue weighted by Gasteiger charge is 2.38. The van der Waals surface area contributed by atoms with Crippen molar-refractivity contribution in [1.29, 1.82) is 0 Å². The first-order valence-corrected chi connectivity index (χ1v) is 6.15. The SMILES string of the molecule is FC(F)(F)c1c(-c2ccccc2)nc2ccc(Cl)cn12. The molecule has 0 aliphatic heterocycles. The molecule has 0 aliphatic rings. The number of alkyl halides is 3. The van der Waals surface area contributed by atoms with E-state index in [0.717, 1.165) is 4.40 Å². The molecule has 0 aliphatic carbocycles. The molecule has 0 amide bonds. The second-order valence-corrected chi connectivity index (χ2v) is 4.68. The fourth-order valence-corrected chi connectivity index (χ4v) is 2.25. The molecule has 0 saturated carbocycles. The van der Waals surface area contributed by atoms with Crippen LogP contribution in [0.5, 0.6) is 0 Å². The molecule has 0 saturated heterocycles. The predicted octanol–water partition coefficient (Wildman–Crippen LogP) is 4.67. The fraction of sp³-hybridized carbons (Fsp3) is 0.0714. The van der Waals surface area contributed by atoms with Gasteiger partial charge >= 0.3 is 6.18 Å². The molecule has 3 rings (SSSR count). The van der Waals surface area contributed by atoms with Crippen LogP contribution in [0.4, 0.5) is 13.2 Å². The molecule has 2 nitrogen and oxygen atoms in total. The molecule has 0 atom stereocenters. The summed E-state index contributed by atoms with van der Waals surface area (Å²) >= 11 is 5.78. The van der Waals surface area contributed by atoms with Crippen molar-refractivity contribution in [2.75, 3.05) is 0 Å². The number of nitrogens with zero attached hydrogens (tertiary/aromatic N) is 2. The molecular weight excluding hydrogens is 289 g/mol. The van der Waals surface area contributed by atoms with Crippen molar-refractivity contribution in [3.63, 3.8) is 0 Å². The Labute approximate surface area is 117 Å². The van der Waals surface area contributed by atoms with Crippen molar-refractivity contribution < 1.29 is 13.2 Å². The summed E-state index contributed by atoms with van der Waals surface area (Å²) in [5, 5.41) is 0.222. The minimum atomic E-state index is -4.52. The summed E-state index contributed by atoms with van der Waals surface area (Å²) in [5.41, 5.74) is -0.290. The Bertz CT molecular complexity index is 763. The normalized spacial score (nSPS) is 12.0. The Balaban J connectivity index is 2.37. The van der Waals surface area contributed by atoms with Crippen LogP contribution in [0, 0.1) is 0 Å². The molecule has 2 aromatic heterocycles. The van der Waals surface area contributed by atoms with E-state index in [1.54, 1.807) is 30.3 Å². The highest BCUT2D eigenvalue weighted by Crippen LogP contribution is 2.37. The quantitative estimate of drug-likeness (QED) is 0.637. The molecule has 3 aromatic rings. The number of fused-ring (bicyclic) bond motifs is 1. The van der Waals surface area contributed by atoms with Crippen molar-refractivity contribution in [3.8, 4) is 11.3 Å². The molecule has 20 heavy (non-hydrogen) atoms. The van der Waals surface area contributed by atoms with Gasteiger partial charge in [-0.1, -0.05) is 41.9 Å². The van der Waals surface area contributed by atoms with Gasteiger partial charge in [0, 0.05) is 11.8 Å². The van der Waals surface area contributed by atoms with Gasteiger partial charge in [-0.15, -0.1) is 0 Å². The Morgan fingerprint density at radius 1 is 1.00 bits per heavy atom. The first-order chi connectivity index (χ1) is 9.47. The van der Waals surface area contributed by atoms with E-state index in [1.165, 1.54) is 18.3 Å². The monoisotopic (exact) mass is 296 g/mol. The molecular formula is C14H8ClF3N2. The summed E-state index contributed by atoms with van der Waals surface area (Å²) in [5.74, 6) is 0. The topological polar surface area (TPSA) is 17.3 Å². The first-order valence-electron chi connectivity index (χ1n) is 5.77. The molecule has 1 aromatic carbocycles. The summed E-state index contributed by atoms with van der Waals surface area (Å²) in [6.45, 7) is 0. The summed E-state index contributed by atoms with van der Waals surface area (Å²) in [7, 11) is 0. The van der Waals surface area contributed by atoms with Crippen LogP contribution in [0.2, 0.25) is 5.02 Å². The lowest BCUT2D eigenvalue weighted by molar-refractivity contribution is -0.141. The van der Waals surface area contributed by atoms with Crippen LogP contribution in [-0.2, 0) is 6.18 Å². The second-order valence-electron chi connectivity index (χ2n) is 4.25. The number of hydrogen-bond donors (Lipinski definition) is 0. The smallest absolute Gasteiger partial charge is 0.294 e. The number of pyridine rings is 1. The van der Waals surface area contributed by atoms with Gasteiger partial charge in [0.1, 0.15) is 11.3 Å². The Morgan fingerprint density at radius 2 is 1.70 bits per heavy atom. The van der Waals surface area contributed by atoms with Crippen molar-refractivity contribution in [2.24, 2.45) is 0 Å². The third kappa shape index (κ3) is 2.14. The Kier molecular flexibility index (Phi) is 2.94. The zero-order valence-corrected chi connectivity index (χ0v) is 10.8. The van der Waals surface area contributed by atoms with Gasteiger partial charge in [-0.2, -0.15) is 13.2 Å². The number of halogens is 4. The number of hydrogen-bond acceptors (Lipinski definition) is 1. The number of aromatic nitrogens is 2. The van der Waals surface area contributed by atoms with E-state index in [9.17, 15) is 13.2 Å². The van der Waals surface area contributed by atoms with E-state index in [1.807, 2.05) is 0 Å². The molecule has 0 N–H and O–H groups in total. The van der Waals surface area contributed by atoms with Crippen molar-refractivity contribution in [2.45, 2.75) is 6.18 Å². The molecule has 6 heteroatoms. The van der Waals surface area contributed by atoms with Gasteiger partial charge in [0.05, 0.1) is 5.02 Å². The van der Waals surface area contributed by atoms with Crippen molar-refractivity contribution in [3.05, 3.63) is 59.4 Å². The summed E-state index contributed by atoms with van der Waals surface area (Å²) in [4.78, 5) is 4.07. The van der Waals surface area contributed by atoms with Gasteiger partial charge in [-0.05, 0) is 12.1 Å². The van der Waals surface area contributed by atoms with E-state index in [2.05, 4.69) is 4.98 Å². The molecule has 2 heterocycles. The van der Waals surface area contributed by atoms with E-state index < -0.39 is 11.9 Å². The lowest BCUT2D eigenvalue weighted by Gasteiger charge is -2.09. The second kappa shape index (κ2) is 4.52. The third-order valence-electron chi connectivity index (χ3n) is 2.90. The van der Waals surface area contributed by atoms with Gasteiger partial charge in [0.15, 0.2) is 5.69 Å². The highest BCUT2D eigenvalue weighted by molar-refractivity contribution is 6.30. The van der Waals surface area contributed by atoms with Crippen LogP contribution in [0.1, 0.15) is 5.69 Å². The van der Waals surface area contributed by atoms with Crippen molar-refractivity contribution in [1.82, 2.24) is 9.38 Å². The van der Waals surface area contributed by atoms with Gasteiger partial charge in [0.2, 0.25) is 0 Å². The number of rotatable bonds is 1. The van der Waals surface area contributed by atoms with Gasteiger partial charge in [-0.3, -0.25) is 4.40 Å². The van der Waals surface area contributed by atoms with E-state index >= 15 is 0 Å². The zero-order valence-electron chi connectivity index (χ0n) is 10.0. The summed E-state index contributed by atoms with van der Waals surface area (Å²) in [6, 6.07) is 11.3. The van der Waals surface area contributed by atoms with Crippen LogP contribution in [0.15, 0.2) is 48.7 Å². The molecule has 0 fully saturated rings. The van der Waals surface area contributed by atoms with Gasteiger partial charge in [-0.25, -0.2) is 4.98 Å². The number of benzene rings is 1. The van der Waals surface area contributed by atoms with Crippen LogP contribution in [0.3, 0.4) is 0 Å². The van der Waals surface area contributed by atoms with E-state index in [0.29, 0.717) is 5.56 Å². The molecule has 0 bridgehead atoms.